The Morgan fingerprint density at radius 1 is 1.00 bits per heavy atom. The van der Waals surface area contributed by atoms with E-state index in [1.807, 2.05) is 0 Å². The van der Waals surface area contributed by atoms with Crippen LogP contribution in [0.4, 0.5) is 11.4 Å². The molecule has 0 aromatic heterocycles. The number of rotatable bonds is 3. The van der Waals surface area contributed by atoms with Crippen molar-refractivity contribution < 1.29 is 9.85 Å². The molecule has 8 heteroatoms. The number of nitrogens with zero attached hydrogens (tertiary/aromatic N) is 3. The van der Waals surface area contributed by atoms with Gasteiger partial charge in [0.25, 0.3) is 11.4 Å². The van der Waals surface area contributed by atoms with E-state index in [0.29, 0.717) is 5.69 Å². The van der Waals surface area contributed by atoms with E-state index in [1.54, 1.807) is 0 Å². The highest BCUT2D eigenvalue weighted by Gasteiger charge is 2.16. The summed E-state index contributed by atoms with van der Waals surface area (Å²) < 4.78 is 0. The third-order valence-corrected chi connectivity index (χ3v) is 2.50. The van der Waals surface area contributed by atoms with Gasteiger partial charge in [-0.3, -0.25) is 25.6 Å². The lowest BCUT2D eigenvalue weighted by atomic mass is 10.1. The van der Waals surface area contributed by atoms with Crippen LogP contribution in [-0.4, -0.2) is 21.3 Å². The Balaban J connectivity index is 2.34. The van der Waals surface area contributed by atoms with E-state index in [9.17, 15) is 20.2 Å². The molecule has 0 atom stereocenters. The molecule has 1 aromatic rings. The van der Waals surface area contributed by atoms with E-state index in [0.717, 1.165) is 0 Å². The molecule has 1 aliphatic rings. The summed E-state index contributed by atoms with van der Waals surface area (Å²) in [7, 11) is 0. The van der Waals surface area contributed by atoms with Crippen LogP contribution in [0, 0.1) is 25.6 Å². The number of nitrogens with one attached hydrogen (secondary N) is 1. The normalized spacial score (nSPS) is 16.1. The predicted molar refractivity (Wildman–Crippen MR) is 72.1 cm³/mol. The molecule has 0 fully saturated rings. The van der Waals surface area contributed by atoms with Gasteiger partial charge in [-0.1, -0.05) is 0 Å². The monoisotopic (exact) mass is 272 g/mol. The second kappa shape index (κ2) is 5.22. The third-order valence-electron chi connectivity index (χ3n) is 2.50. The van der Waals surface area contributed by atoms with Crippen LogP contribution in [0.1, 0.15) is 0 Å². The lowest BCUT2D eigenvalue weighted by Gasteiger charge is -2.04. The van der Waals surface area contributed by atoms with Gasteiger partial charge in [-0.05, 0) is 18.2 Å². The first-order valence-electron chi connectivity index (χ1n) is 5.43. The van der Waals surface area contributed by atoms with Crippen molar-refractivity contribution >= 4 is 22.8 Å². The van der Waals surface area contributed by atoms with Crippen molar-refractivity contribution in [3.8, 4) is 0 Å². The second-order valence-corrected chi connectivity index (χ2v) is 3.84. The Labute approximate surface area is 112 Å². The lowest BCUT2D eigenvalue weighted by Crippen LogP contribution is -2.14. The fraction of sp³-hybridized carbons (Fsp3) is 0. The van der Waals surface area contributed by atoms with E-state index in [2.05, 4.69) is 4.99 Å². The maximum Gasteiger partial charge on any atom is 0.271 e. The van der Waals surface area contributed by atoms with Crippen molar-refractivity contribution in [2.24, 2.45) is 4.99 Å². The smallest absolute Gasteiger partial charge is 0.271 e. The molecule has 0 heterocycles. The number of benzene rings is 1. The number of nitro benzene ring substituents is 1. The summed E-state index contributed by atoms with van der Waals surface area (Å²) in [5.41, 5.74) is 0.308. The zero-order valence-electron chi connectivity index (χ0n) is 10.0. The number of nitro groups is 2. The minimum absolute atomic E-state index is 0.0361. The number of aliphatic imine (C=N–C) groups is 1. The molecule has 20 heavy (non-hydrogen) atoms. The number of hydrogen-bond acceptors (Lipinski definition) is 6. The summed E-state index contributed by atoms with van der Waals surface area (Å²) in [6.07, 6.45) is 3.68. The highest BCUT2D eigenvalue weighted by Crippen LogP contribution is 2.19. The molecule has 1 N–H and O–H groups in total. The summed E-state index contributed by atoms with van der Waals surface area (Å²) in [6.45, 7) is 0. The Bertz CT molecular complexity index is 686. The predicted octanol–water partition coefficient (Wildman–Crippen LogP) is 2.42. The Morgan fingerprint density at radius 3 is 2.20 bits per heavy atom. The van der Waals surface area contributed by atoms with E-state index in [4.69, 9.17) is 5.41 Å². The molecule has 0 bridgehead atoms. The van der Waals surface area contributed by atoms with Gasteiger partial charge in [-0.15, -0.1) is 0 Å². The fourth-order valence-corrected chi connectivity index (χ4v) is 1.51. The van der Waals surface area contributed by atoms with Crippen LogP contribution in [0.25, 0.3) is 0 Å². The summed E-state index contributed by atoms with van der Waals surface area (Å²) >= 11 is 0. The average Bonchev–Trinajstić information content (AvgIpc) is 2.41. The van der Waals surface area contributed by atoms with Crippen molar-refractivity contribution in [2.75, 3.05) is 0 Å². The zero-order valence-corrected chi connectivity index (χ0v) is 10.0. The zero-order chi connectivity index (χ0) is 14.7. The van der Waals surface area contributed by atoms with Crippen LogP contribution in [0.5, 0.6) is 0 Å². The molecule has 2 rings (SSSR count). The van der Waals surface area contributed by atoms with Crippen molar-refractivity contribution in [1.82, 2.24) is 0 Å². The van der Waals surface area contributed by atoms with Gasteiger partial charge in [-0.2, -0.15) is 0 Å². The summed E-state index contributed by atoms with van der Waals surface area (Å²) in [5, 5.41) is 28.8. The van der Waals surface area contributed by atoms with Gasteiger partial charge in [0, 0.05) is 24.3 Å². The van der Waals surface area contributed by atoms with Crippen molar-refractivity contribution in [3.63, 3.8) is 0 Å². The van der Waals surface area contributed by atoms with Crippen LogP contribution < -0.4 is 0 Å². The highest BCUT2D eigenvalue weighted by molar-refractivity contribution is 6.50. The van der Waals surface area contributed by atoms with Crippen molar-refractivity contribution in [1.29, 1.82) is 5.41 Å². The van der Waals surface area contributed by atoms with Crippen molar-refractivity contribution in [3.05, 3.63) is 68.4 Å². The molecular formula is C12H8N4O4. The Morgan fingerprint density at radius 2 is 1.65 bits per heavy atom. The summed E-state index contributed by atoms with van der Waals surface area (Å²) in [4.78, 5) is 24.1. The van der Waals surface area contributed by atoms with Crippen LogP contribution in [0.15, 0.2) is 53.2 Å². The van der Waals surface area contributed by atoms with Crippen LogP contribution in [0.3, 0.4) is 0 Å². The third kappa shape index (κ3) is 2.80. The summed E-state index contributed by atoms with van der Waals surface area (Å²) in [6, 6.07) is 5.38. The first-order valence-corrected chi connectivity index (χ1v) is 5.43. The fourth-order valence-electron chi connectivity index (χ4n) is 1.51. The van der Waals surface area contributed by atoms with Gasteiger partial charge in [0.05, 0.1) is 27.0 Å². The SMILES string of the molecule is N=C1C=CC([N+](=O)[O-])=CC1=Nc1ccc([N+](=O)[O-])cc1. The molecule has 100 valence electrons. The maximum absolute atomic E-state index is 10.7. The lowest BCUT2D eigenvalue weighted by molar-refractivity contribution is -0.418. The minimum atomic E-state index is -0.575. The molecule has 0 radical (unpaired) electrons. The quantitative estimate of drug-likeness (QED) is 0.515. The number of non-ortho nitro benzene ring substituents is 1. The van der Waals surface area contributed by atoms with Gasteiger partial charge < -0.3 is 0 Å². The minimum Gasteiger partial charge on any atom is -0.299 e. The highest BCUT2D eigenvalue weighted by atomic mass is 16.6. The average molecular weight is 272 g/mol. The van der Waals surface area contributed by atoms with Gasteiger partial charge in [0.15, 0.2) is 0 Å². The first kappa shape index (κ1) is 13.3. The van der Waals surface area contributed by atoms with Gasteiger partial charge in [0.2, 0.25) is 0 Å². The molecular weight excluding hydrogens is 264 g/mol. The van der Waals surface area contributed by atoms with E-state index < -0.39 is 9.85 Å². The topological polar surface area (TPSA) is 122 Å². The first-order chi connectivity index (χ1) is 9.47. The molecule has 0 unspecified atom stereocenters. The molecule has 1 aromatic carbocycles. The number of hydrogen-bond donors (Lipinski definition) is 1. The van der Waals surface area contributed by atoms with Crippen LogP contribution in [0.2, 0.25) is 0 Å². The summed E-state index contributed by atoms with van der Waals surface area (Å²) in [5.74, 6) is 0. The van der Waals surface area contributed by atoms with Crippen molar-refractivity contribution in [2.45, 2.75) is 0 Å². The molecule has 8 nitrogen and oxygen atoms in total. The van der Waals surface area contributed by atoms with Crippen LogP contribution in [-0.2, 0) is 0 Å². The van der Waals surface area contributed by atoms with Crippen LogP contribution >= 0.6 is 0 Å². The van der Waals surface area contributed by atoms with E-state index in [-0.39, 0.29) is 22.8 Å². The molecule has 0 spiro atoms. The molecule has 0 saturated carbocycles. The maximum atomic E-state index is 10.7. The number of allylic oxidation sites excluding steroid dienone is 3. The Hall–Kier alpha value is -3.16. The molecule has 1 aliphatic carbocycles. The second-order valence-electron chi connectivity index (χ2n) is 3.84. The van der Waals surface area contributed by atoms with E-state index in [1.165, 1.54) is 42.5 Å². The Kier molecular flexibility index (Phi) is 3.47. The molecule has 0 saturated heterocycles. The van der Waals surface area contributed by atoms with Gasteiger partial charge in [0.1, 0.15) is 0 Å². The molecule has 0 amide bonds. The van der Waals surface area contributed by atoms with E-state index >= 15 is 0 Å². The largest absolute Gasteiger partial charge is 0.299 e. The van der Waals surface area contributed by atoms with Gasteiger partial charge >= 0.3 is 0 Å². The molecule has 0 aliphatic heterocycles. The van der Waals surface area contributed by atoms with Gasteiger partial charge in [-0.25, -0.2) is 4.99 Å². The standard InChI is InChI=1S/C12H8N4O4/c13-11-6-5-10(16(19)20)7-12(11)14-8-1-3-9(4-2-8)15(17)18/h1-7,13H.